The molecule has 1 spiro atoms. The molecule has 112 valence electrons. The highest BCUT2D eigenvalue weighted by molar-refractivity contribution is 7.48. The summed E-state index contributed by atoms with van der Waals surface area (Å²) in [6, 6.07) is 0. The van der Waals surface area contributed by atoms with E-state index in [-0.39, 0.29) is 17.1 Å². The zero-order chi connectivity index (χ0) is 13.9. The SMILES string of the molecule is COC(C)P1OCC2(CO1)COP(C(C)OC)OC2. The maximum absolute atomic E-state index is 5.78. The van der Waals surface area contributed by atoms with Gasteiger partial charge in [-0.15, -0.1) is 0 Å². The molecule has 0 aromatic heterocycles. The lowest BCUT2D eigenvalue weighted by Crippen LogP contribution is -2.45. The Labute approximate surface area is 116 Å². The van der Waals surface area contributed by atoms with Crippen LogP contribution in [0.3, 0.4) is 0 Å². The molecular formula is C11H22O6P2. The second-order valence-corrected chi connectivity index (χ2v) is 8.46. The lowest BCUT2D eigenvalue weighted by atomic mass is 9.93. The predicted octanol–water partition coefficient (Wildman–Crippen LogP) is 2.68. The van der Waals surface area contributed by atoms with Crippen molar-refractivity contribution in [3.63, 3.8) is 0 Å². The summed E-state index contributed by atoms with van der Waals surface area (Å²) in [4.78, 5) is 0. The summed E-state index contributed by atoms with van der Waals surface area (Å²) in [6.07, 6.45) is 0. The van der Waals surface area contributed by atoms with Crippen LogP contribution in [0.2, 0.25) is 0 Å². The van der Waals surface area contributed by atoms with E-state index in [1.807, 2.05) is 13.8 Å². The van der Waals surface area contributed by atoms with E-state index in [4.69, 9.17) is 27.6 Å². The van der Waals surface area contributed by atoms with Crippen LogP contribution >= 0.6 is 16.8 Å². The molecule has 0 aromatic carbocycles. The standard InChI is InChI=1S/C11H22O6P2/c1-9(12-3)18-14-5-11(6-15-18)7-16-19(17-8-11)10(2)13-4/h9-10H,5-8H2,1-4H3. The maximum Gasteiger partial charge on any atom is 0.201 e. The van der Waals surface area contributed by atoms with Crippen molar-refractivity contribution in [1.29, 1.82) is 0 Å². The van der Waals surface area contributed by atoms with Crippen molar-refractivity contribution in [2.75, 3.05) is 40.6 Å². The van der Waals surface area contributed by atoms with E-state index in [2.05, 4.69) is 0 Å². The van der Waals surface area contributed by atoms with Crippen LogP contribution in [0.5, 0.6) is 0 Å². The average Bonchev–Trinajstić information content (AvgIpc) is 2.47. The molecule has 2 unspecified atom stereocenters. The summed E-state index contributed by atoms with van der Waals surface area (Å²) in [5.74, 6) is -0.0215. The third-order valence-corrected chi connectivity index (χ3v) is 6.41. The average molecular weight is 312 g/mol. The summed E-state index contributed by atoms with van der Waals surface area (Å²) in [5, 5.41) is 0. The third-order valence-electron chi connectivity index (χ3n) is 3.27. The van der Waals surface area contributed by atoms with Crippen molar-refractivity contribution >= 4 is 16.8 Å². The number of hydrogen-bond donors (Lipinski definition) is 0. The van der Waals surface area contributed by atoms with Crippen LogP contribution in [0, 0.1) is 5.41 Å². The van der Waals surface area contributed by atoms with Crippen molar-refractivity contribution in [1.82, 2.24) is 0 Å². The monoisotopic (exact) mass is 312 g/mol. The van der Waals surface area contributed by atoms with Crippen molar-refractivity contribution < 1.29 is 27.6 Å². The van der Waals surface area contributed by atoms with E-state index < -0.39 is 16.8 Å². The van der Waals surface area contributed by atoms with Gasteiger partial charge in [0.1, 0.15) is 11.7 Å². The number of hydrogen-bond acceptors (Lipinski definition) is 6. The van der Waals surface area contributed by atoms with Crippen LogP contribution in [-0.4, -0.2) is 52.3 Å². The summed E-state index contributed by atoms with van der Waals surface area (Å²) in [5.41, 5.74) is -0.182. The Morgan fingerprint density at radius 1 is 0.789 bits per heavy atom. The molecule has 0 aliphatic carbocycles. The highest BCUT2D eigenvalue weighted by Crippen LogP contribution is 2.55. The molecule has 2 heterocycles. The molecule has 2 rings (SSSR count). The summed E-state index contributed by atoms with van der Waals surface area (Å²) < 4.78 is 33.6. The smallest absolute Gasteiger partial charge is 0.201 e. The highest BCUT2D eigenvalue weighted by atomic mass is 31.2. The van der Waals surface area contributed by atoms with E-state index in [1.165, 1.54) is 0 Å². The van der Waals surface area contributed by atoms with Gasteiger partial charge in [-0.05, 0) is 13.8 Å². The minimum absolute atomic E-state index is 0.0107. The topological polar surface area (TPSA) is 55.4 Å². The fourth-order valence-corrected chi connectivity index (χ4v) is 4.66. The molecule has 8 heteroatoms. The van der Waals surface area contributed by atoms with Gasteiger partial charge in [0.2, 0.25) is 16.8 Å². The Balaban J connectivity index is 1.81. The van der Waals surface area contributed by atoms with E-state index in [0.29, 0.717) is 26.4 Å². The minimum Gasteiger partial charge on any atom is -0.372 e. The summed E-state index contributed by atoms with van der Waals surface area (Å²) in [6.45, 7) is 6.29. The van der Waals surface area contributed by atoms with Crippen LogP contribution in [-0.2, 0) is 27.6 Å². The third kappa shape index (κ3) is 3.84. The zero-order valence-corrected chi connectivity index (χ0v) is 13.6. The Kier molecular flexibility index (Phi) is 5.94. The van der Waals surface area contributed by atoms with Crippen molar-refractivity contribution in [2.45, 2.75) is 25.5 Å². The second kappa shape index (κ2) is 7.06. The van der Waals surface area contributed by atoms with Crippen LogP contribution in [0.1, 0.15) is 13.8 Å². The van der Waals surface area contributed by atoms with Crippen LogP contribution in [0.25, 0.3) is 0 Å². The first-order chi connectivity index (χ1) is 9.10. The lowest BCUT2D eigenvalue weighted by molar-refractivity contribution is -0.0633. The largest absolute Gasteiger partial charge is 0.372 e. The molecule has 0 radical (unpaired) electrons. The molecule has 0 aromatic rings. The summed E-state index contributed by atoms with van der Waals surface area (Å²) in [7, 11) is 1.40. The van der Waals surface area contributed by atoms with Gasteiger partial charge < -0.3 is 27.6 Å². The Hall–Kier alpha value is 0.620. The van der Waals surface area contributed by atoms with Gasteiger partial charge in [-0.25, -0.2) is 0 Å². The molecule has 0 amide bonds. The van der Waals surface area contributed by atoms with E-state index in [9.17, 15) is 0 Å². The van der Waals surface area contributed by atoms with Gasteiger partial charge in [-0.1, -0.05) is 0 Å². The van der Waals surface area contributed by atoms with Gasteiger partial charge in [0.05, 0.1) is 31.8 Å². The quantitative estimate of drug-likeness (QED) is 0.744. The fourth-order valence-electron chi connectivity index (χ4n) is 1.72. The normalized spacial score (nSPS) is 39.2. The number of ether oxygens (including phenoxy) is 2. The maximum atomic E-state index is 5.78. The highest BCUT2D eigenvalue weighted by Gasteiger charge is 2.44. The molecular weight excluding hydrogens is 290 g/mol. The molecule has 2 aliphatic rings. The fraction of sp³-hybridized carbons (Fsp3) is 1.00. The van der Waals surface area contributed by atoms with Crippen LogP contribution < -0.4 is 0 Å². The van der Waals surface area contributed by atoms with Gasteiger partial charge in [0.25, 0.3) is 0 Å². The van der Waals surface area contributed by atoms with E-state index in [0.717, 1.165) is 0 Å². The van der Waals surface area contributed by atoms with Gasteiger partial charge in [-0.3, -0.25) is 0 Å². The summed E-state index contributed by atoms with van der Waals surface area (Å²) >= 11 is 0. The first kappa shape index (κ1) is 16.0. The molecule has 0 saturated carbocycles. The molecule has 6 nitrogen and oxygen atoms in total. The van der Waals surface area contributed by atoms with E-state index >= 15 is 0 Å². The number of rotatable bonds is 4. The Morgan fingerprint density at radius 3 is 1.37 bits per heavy atom. The van der Waals surface area contributed by atoms with Crippen molar-refractivity contribution in [3.05, 3.63) is 0 Å². The van der Waals surface area contributed by atoms with Crippen molar-refractivity contribution in [2.24, 2.45) is 5.41 Å². The first-order valence-corrected chi connectivity index (χ1v) is 8.75. The lowest BCUT2D eigenvalue weighted by Gasteiger charge is -2.44. The predicted molar refractivity (Wildman–Crippen MR) is 73.0 cm³/mol. The van der Waals surface area contributed by atoms with Gasteiger partial charge in [-0.2, -0.15) is 0 Å². The Morgan fingerprint density at radius 2 is 1.11 bits per heavy atom. The molecule has 0 bridgehead atoms. The van der Waals surface area contributed by atoms with Gasteiger partial charge in [0.15, 0.2) is 0 Å². The Bertz CT molecular complexity index is 245. The van der Waals surface area contributed by atoms with Crippen LogP contribution in [0.15, 0.2) is 0 Å². The van der Waals surface area contributed by atoms with Crippen LogP contribution in [0.4, 0.5) is 0 Å². The molecule has 2 fully saturated rings. The van der Waals surface area contributed by atoms with E-state index in [1.54, 1.807) is 14.2 Å². The van der Waals surface area contributed by atoms with Gasteiger partial charge >= 0.3 is 0 Å². The zero-order valence-electron chi connectivity index (χ0n) is 11.8. The van der Waals surface area contributed by atoms with Gasteiger partial charge in [0, 0.05) is 14.2 Å². The second-order valence-electron chi connectivity index (χ2n) is 4.83. The molecule has 19 heavy (non-hydrogen) atoms. The first-order valence-electron chi connectivity index (χ1n) is 6.26. The van der Waals surface area contributed by atoms with Crippen molar-refractivity contribution in [3.8, 4) is 0 Å². The molecule has 2 saturated heterocycles. The molecule has 2 aliphatic heterocycles. The minimum atomic E-state index is -0.963. The molecule has 0 N–H and O–H groups in total. The molecule has 2 atom stereocenters. The number of methoxy groups -OCH3 is 2.